The lowest BCUT2D eigenvalue weighted by atomic mass is 9.95. The number of carbonyl (C=O) groups is 1. The Morgan fingerprint density at radius 2 is 1.77 bits per heavy atom. The van der Waals surface area contributed by atoms with Crippen molar-refractivity contribution in [3.05, 3.63) is 89.2 Å². The van der Waals surface area contributed by atoms with E-state index in [1.807, 2.05) is 65.3 Å². The van der Waals surface area contributed by atoms with Crippen LogP contribution < -0.4 is 10.6 Å². The molecule has 158 valence electrons. The highest BCUT2D eigenvalue weighted by atomic mass is 35.5. The number of aryl methyl sites for hydroxylation is 1. The van der Waals surface area contributed by atoms with Gasteiger partial charge in [-0.15, -0.1) is 12.4 Å². The van der Waals surface area contributed by atoms with Crippen molar-refractivity contribution in [1.82, 2.24) is 20.4 Å². The Morgan fingerprint density at radius 1 is 1.10 bits per heavy atom. The van der Waals surface area contributed by atoms with E-state index in [4.69, 9.17) is 0 Å². The van der Waals surface area contributed by atoms with Gasteiger partial charge in [-0.05, 0) is 17.2 Å². The molecular weight excluding hydrogens is 400 g/mol. The molecule has 1 aromatic heterocycles. The summed E-state index contributed by atoms with van der Waals surface area (Å²) in [6.07, 6.45) is 0.0808. The third kappa shape index (κ3) is 5.27. The van der Waals surface area contributed by atoms with Crippen LogP contribution in [0.15, 0.2) is 66.7 Å². The molecule has 3 aromatic rings. The molecule has 7 heteroatoms. The maximum Gasteiger partial charge on any atom is 0.220 e. The van der Waals surface area contributed by atoms with Gasteiger partial charge in [-0.1, -0.05) is 60.7 Å². The van der Waals surface area contributed by atoms with E-state index in [1.54, 1.807) is 0 Å². The number of aliphatic hydroxyl groups excluding tert-OH is 1. The van der Waals surface area contributed by atoms with Crippen LogP contribution >= 0.6 is 12.4 Å². The van der Waals surface area contributed by atoms with Gasteiger partial charge in [0.05, 0.1) is 24.0 Å². The van der Waals surface area contributed by atoms with E-state index in [1.165, 1.54) is 0 Å². The fraction of sp³-hybridized carbons (Fsp3) is 0.304. The zero-order valence-corrected chi connectivity index (χ0v) is 17.5. The molecule has 0 unspecified atom stereocenters. The number of fused-ring (bicyclic) bond motifs is 1. The van der Waals surface area contributed by atoms with E-state index < -0.39 is 12.1 Å². The quantitative estimate of drug-likeness (QED) is 0.542. The molecule has 0 radical (unpaired) electrons. The zero-order chi connectivity index (χ0) is 20.1. The average molecular weight is 427 g/mol. The summed E-state index contributed by atoms with van der Waals surface area (Å²) < 4.78 is 2.01. The van der Waals surface area contributed by atoms with Crippen molar-refractivity contribution in [2.24, 2.45) is 0 Å². The smallest absolute Gasteiger partial charge is 0.220 e. The van der Waals surface area contributed by atoms with E-state index in [0.29, 0.717) is 12.8 Å². The first-order valence-corrected chi connectivity index (χ1v) is 10.0. The third-order valence-corrected chi connectivity index (χ3v) is 5.26. The molecule has 30 heavy (non-hydrogen) atoms. The molecule has 6 nitrogen and oxygen atoms in total. The van der Waals surface area contributed by atoms with E-state index in [0.717, 1.165) is 42.1 Å². The molecule has 1 aliphatic heterocycles. The van der Waals surface area contributed by atoms with Gasteiger partial charge in [0.1, 0.15) is 6.10 Å². The Kier molecular flexibility index (Phi) is 7.63. The number of hydrogen-bond acceptors (Lipinski definition) is 4. The van der Waals surface area contributed by atoms with Gasteiger partial charge in [0.25, 0.3) is 0 Å². The number of halogens is 1. The summed E-state index contributed by atoms with van der Waals surface area (Å²) >= 11 is 0. The lowest BCUT2D eigenvalue weighted by Gasteiger charge is -2.25. The molecule has 1 aliphatic rings. The molecule has 1 amide bonds. The summed E-state index contributed by atoms with van der Waals surface area (Å²) in [6.45, 7) is 2.60. The monoisotopic (exact) mass is 426 g/mol. The van der Waals surface area contributed by atoms with Gasteiger partial charge in [0.2, 0.25) is 5.91 Å². The van der Waals surface area contributed by atoms with Crippen LogP contribution in [0.25, 0.3) is 0 Å². The second-order valence-electron chi connectivity index (χ2n) is 7.34. The minimum Gasteiger partial charge on any atom is -0.386 e. The lowest BCUT2D eigenvalue weighted by Crippen LogP contribution is -2.32. The summed E-state index contributed by atoms with van der Waals surface area (Å²) in [4.78, 5) is 12.7. The largest absolute Gasteiger partial charge is 0.386 e. The van der Waals surface area contributed by atoms with Gasteiger partial charge in [-0.2, -0.15) is 5.10 Å². The first kappa shape index (κ1) is 22.0. The van der Waals surface area contributed by atoms with Crippen molar-refractivity contribution < 1.29 is 9.90 Å². The Labute approximate surface area is 182 Å². The topological polar surface area (TPSA) is 79.2 Å². The molecule has 0 spiro atoms. The molecule has 0 saturated carbocycles. The normalized spacial score (nSPS) is 14.8. The van der Waals surface area contributed by atoms with Crippen LogP contribution in [0.4, 0.5) is 0 Å². The van der Waals surface area contributed by atoms with Gasteiger partial charge in [0, 0.05) is 25.9 Å². The molecule has 2 heterocycles. The first-order chi connectivity index (χ1) is 14.2. The second-order valence-corrected chi connectivity index (χ2v) is 7.34. The summed E-state index contributed by atoms with van der Waals surface area (Å²) in [5.74, 6) is -0.0991. The first-order valence-electron chi connectivity index (χ1n) is 10.0. The molecule has 2 atom stereocenters. The van der Waals surface area contributed by atoms with E-state index >= 15 is 0 Å². The second kappa shape index (κ2) is 10.4. The number of amides is 1. The Morgan fingerprint density at radius 3 is 2.43 bits per heavy atom. The maximum absolute atomic E-state index is 12.7. The van der Waals surface area contributed by atoms with E-state index in [9.17, 15) is 9.90 Å². The Balaban J connectivity index is 0.00000256. The molecule has 0 saturated heterocycles. The van der Waals surface area contributed by atoms with Crippen LogP contribution in [0, 0.1) is 0 Å². The minimum absolute atomic E-state index is 0. The highest BCUT2D eigenvalue weighted by molar-refractivity contribution is 5.85. The number of rotatable bonds is 7. The molecular formula is C23H27ClN4O2. The number of nitrogens with zero attached hydrogens (tertiary/aromatic N) is 2. The number of nitrogens with one attached hydrogen (secondary N) is 2. The van der Waals surface area contributed by atoms with E-state index in [-0.39, 0.29) is 18.3 Å². The third-order valence-electron chi connectivity index (χ3n) is 5.26. The standard InChI is InChI=1S/C23H26N4O2.ClH/c28-21(12-11-19-15-20-16-24-13-14-27(20)26-19)25-22(17-7-3-1-4-8-17)23(29)18-9-5-2-6-10-18;/h1-10,15,22-24,29H,11-14,16H2,(H,25,28);1H/t22-,23+;/m0./s1. The van der Waals surface area contributed by atoms with Crippen LogP contribution in [0.1, 0.15) is 41.1 Å². The number of benzene rings is 2. The zero-order valence-electron chi connectivity index (χ0n) is 16.7. The van der Waals surface area contributed by atoms with Crippen molar-refractivity contribution in [3.8, 4) is 0 Å². The molecule has 0 fully saturated rings. The fourth-order valence-corrected chi connectivity index (χ4v) is 3.71. The molecule has 2 aromatic carbocycles. The SMILES string of the molecule is Cl.O=C(CCc1cc2n(n1)CCNC2)N[C@@H](c1ccccc1)[C@H](O)c1ccccc1. The van der Waals surface area contributed by atoms with Gasteiger partial charge in [-0.3, -0.25) is 9.48 Å². The van der Waals surface area contributed by atoms with Crippen molar-refractivity contribution in [2.45, 2.75) is 38.1 Å². The minimum atomic E-state index is -0.825. The van der Waals surface area contributed by atoms with Gasteiger partial charge >= 0.3 is 0 Å². The van der Waals surface area contributed by atoms with Crippen LogP contribution in [-0.2, 0) is 24.3 Å². The molecule has 4 rings (SSSR count). The van der Waals surface area contributed by atoms with Gasteiger partial charge in [0.15, 0.2) is 0 Å². The average Bonchev–Trinajstić information content (AvgIpc) is 3.20. The molecule has 3 N–H and O–H groups in total. The highest BCUT2D eigenvalue weighted by Crippen LogP contribution is 2.28. The van der Waals surface area contributed by atoms with Gasteiger partial charge < -0.3 is 15.7 Å². The number of aliphatic hydroxyl groups is 1. The van der Waals surface area contributed by atoms with Crippen molar-refractivity contribution in [2.75, 3.05) is 6.54 Å². The number of aromatic nitrogens is 2. The lowest BCUT2D eigenvalue weighted by molar-refractivity contribution is -0.122. The fourth-order valence-electron chi connectivity index (χ4n) is 3.71. The van der Waals surface area contributed by atoms with Crippen LogP contribution in [0.2, 0.25) is 0 Å². The van der Waals surface area contributed by atoms with Crippen molar-refractivity contribution in [1.29, 1.82) is 0 Å². The molecule has 0 bridgehead atoms. The van der Waals surface area contributed by atoms with Crippen LogP contribution in [0.5, 0.6) is 0 Å². The van der Waals surface area contributed by atoms with E-state index in [2.05, 4.69) is 21.8 Å². The Bertz CT molecular complexity index is 923. The summed E-state index contributed by atoms with van der Waals surface area (Å²) in [5.41, 5.74) is 3.74. The van der Waals surface area contributed by atoms with Crippen LogP contribution in [0.3, 0.4) is 0 Å². The predicted octanol–water partition coefficient (Wildman–Crippen LogP) is 2.93. The van der Waals surface area contributed by atoms with Crippen molar-refractivity contribution >= 4 is 18.3 Å². The summed E-state index contributed by atoms with van der Waals surface area (Å²) in [7, 11) is 0. The Hall–Kier alpha value is -2.67. The summed E-state index contributed by atoms with van der Waals surface area (Å²) in [6, 6.07) is 20.6. The van der Waals surface area contributed by atoms with Gasteiger partial charge in [-0.25, -0.2) is 0 Å². The maximum atomic E-state index is 12.7. The highest BCUT2D eigenvalue weighted by Gasteiger charge is 2.24. The number of carbonyl (C=O) groups excluding carboxylic acids is 1. The van der Waals surface area contributed by atoms with Crippen LogP contribution in [-0.4, -0.2) is 27.3 Å². The molecule has 0 aliphatic carbocycles. The predicted molar refractivity (Wildman–Crippen MR) is 118 cm³/mol. The summed E-state index contributed by atoms with van der Waals surface area (Å²) in [5, 5.41) is 21.9. The number of hydrogen-bond donors (Lipinski definition) is 3. The van der Waals surface area contributed by atoms with Crippen molar-refractivity contribution in [3.63, 3.8) is 0 Å².